The molecule has 0 saturated carbocycles. The van der Waals surface area contributed by atoms with Crippen molar-refractivity contribution in [3.8, 4) is 44.5 Å². The van der Waals surface area contributed by atoms with Gasteiger partial charge in [0.05, 0.1) is 5.41 Å². The summed E-state index contributed by atoms with van der Waals surface area (Å²) in [5, 5.41) is 0. The maximum absolute atomic E-state index is 2.53. The van der Waals surface area contributed by atoms with Crippen molar-refractivity contribution in [3.05, 3.63) is 298 Å². The lowest BCUT2D eigenvalue weighted by Crippen LogP contribution is -2.27. The molecular formula is C71H62. The Morgan fingerprint density at radius 1 is 0.408 bits per heavy atom. The molecule has 0 nitrogen and oxygen atoms in total. The first-order valence-corrected chi connectivity index (χ1v) is 25.7. The molecule has 2 atom stereocenters. The van der Waals surface area contributed by atoms with Crippen LogP contribution in [0.4, 0.5) is 0 Å². The fourth-order valence-corrected chi connectivity index (χ4v) is 11.7. The van der Waals surface area contributed by atoms with Crippen LogP contribution in [-0.2, 0) is 10.8 Å². The largest absolute Gasteiger partial charge is 0.0839 e. The number of hydrogen-bond donors (Lipinski definition) is 0. The molecule has 0 fully saturated rings. The van der Waals surface area contributed by atoms with E-state index in [-0.39, 0.29) is 10.8 Å². The van der Waals surface area contributed by atoms with Gasteiger partial charge in [-0.05, 0) is 165 Å². The summed E-state index contributed by atoms with van der Waals surface area (Å²) in [7, 11) is 0. The number of benzene rings is 8. The summed E-state index contributed by atoms with van der Waals surface area (Å²) < 4.78 is 0. The van der Waals surface area contributed by atoms with Gasteiger partial charge in [0.15, 0.2) is 0 Å². The van der Waals surface area contributed by atoms with E-state index in [0.29, 0.717) is 0 Å². The maximum atomic E-state index is 2.53. The summed E-state index contributed by atoms with van der Waals surface area (Å²) >= 11 is 0. The van der Waals surface area contributed by atoms with E-state index in [9.17, 15) is 0 Å². The van der Waals surface area contributed by atoms with Crippen molar-refractivity contribution in [3.63, 3.8) is 0 Å². The Morgan fingerprint density at radius 3 is 1.80 bits per heavy atom. The van der Waals surface area contributed by atoms with E-state index in [1.807, 2.05) is 6.07 Å². The van der Waals surface area contributed by atoms with Crippen molar-refractivity contribution in [1.29, 1.82) is 0 Å². The van der Waals surface area contributed by atoms with Gasteiger partial charge in [0, 0.05) is 5.41 Å². The van der Waals surface area contributed by atoms with Gasteiger partial charge in [0.25, 0.3) is 0 Å². The van der Waals surface area contributed by atoms with Crippen LogP contribution in [0.25, 0.3) is 55.7 Å². The van der Waals surface area contributed by atoms with E-state index < -0.39 is 0 Å². The molecule has 0 bridgehead atoms. The summed E-state index contributed by atoms with van der Waals surface area (Å²) in [4.78, 5) is 0. The van der Waals surface area contributed by atoms with Crippen molar-refractivity contribution in [2.75, 3.05) is 0 Å². The summed E-state index contributed by atoms with van der Waals surface area (Å²) in [6, 6.07) is 69.3. The fraction of sp³-hybridized carbons (Fsp3) is 0.155. The normalized spacial score (nSPS) is 18.6. The Balaban J connectivity index is 0.000000170. The van der Waals surface area contributed by atoms with Crippen molar-refractivity contribution in [1.82, 2.24) is 0 Å². The average Bonchev–Trinajstić information content (AvgIpc) is 3.89. The smallest absolute Gasteiger partial charge is 0.0722 e. The molecule has 5 aliphatic rings. The van der Waals surface area contributed by atoms with Gasteiger partial charge < -0.3 is 0 Å². The van der Waals surface area contributed by atoms with Crippen molar-refractivity contribution < 1.29 is 0 Å². The Labute approximate surface area is 422 Å². The lowest BCUT2D eigenvalue weighted by molar-refractivity contribution is 0.600. The van der Waals surface area contributed by atoms with Crippen LogP contribution in [0.3, 0.4) is 0 Å². The third-order valence-corrected chi connectivity index (χ3v) is 15.4. The molecule has 5 aliphatic carbocycles. The van der Waals surface area contributed by atoms with Gasteiger partial charge in [-0.25, -0.2) is 0 Å². The molecule has 0 aromatic heterocycles. The predicted octanol–water partition coefficient (Wildman–Crippen LogP) is 18.9. The Bertz CT molecular complexity index is 3480. The molecule has 0 N–H and O–H groups in total. The van der Waals surface area contributed by atoms with Crippen LogP contribution in [0.2, 0.25) is 0 Å². The van der Waals surface area contributed by atoms with Gasteiger partial charge in [-0.15, -0.1) is 0 Å². The van der Waals surface area contributed by atoms with Crippen LogP contribution in [-0.4, -0.2) is 0 Å². The van der Waals surface area contributed by atoms with Gasteiger partial charge >= 0.3 is 0 Å². The van der Waals surface area contributed by atoms with Crippen molar-refractivity contribution >= 4 is 11.1 Å². The zero-order valence-corrected chi connectivity index (χ0v) is 41.6. The lowest BCUT2D eigenvalue weighted by atomic mass is 9.68. The minimum Gasteiger partial charge on any atom is -0.0839 e. The second-order valence-electron chi connectivity index (χ2n) is 20.2. The predicted molar refractivity (Wildman–Crippen MR) is 303 cm³/mol. The number of rotatable bonds is 5. The Morgan fingerprint density at radius 2 is 1.07 bits per heavy atom. The Kier molecular flexibility index (Phi) is 12.6. The molecule has 2 unspecified atom stereocenters. The fourth-order valence-electron chi connectivity index (χ4n) is 11.7. The topological polar surface area (TPSA) is 0 Å². The average molecular weight is 915 g/mol. The van der Waals surface area contributed by atoms with Gasteiger partial charge in [-0.3, -0.25) is 0 Å². The van der Waals surface area contributed by atoms with Crippen LogP contribution >= 0.6 is 0 Å². The van der Waals surface area contributed by atoms with Gasteiger partial charge in [-0.1, -0.05) is 249 Å². The number of fused-ring (bicyclic) bond motifs is 9. The molecule has 8 aromatic rings. The third kappa shape index (κ3) is 8.67. The number of allylic oxidation sites excluding steroid dienone is 12. The molecule has 0 heterocycles. The zero-order chi connectivity index (χ0) is 48.4. The van der Waals surface area contributed by atoms with Gasteiger partial charge in [0.1, 0.15) is 0 Å². The monoisotopic (exact) mass is 914 g/mol. The maximum Gasteiger partial charge on any atom is 0.0722 e. The van der Waals surface area contributed by atoms with Crippen molar-refractivity contribution in [2.45, 2.75) is 70.6 Å². The third-order valence-electron chi connectivity index (χ3n) is 15.4. The SMILES string of the molecule is Cc1ccc2c(c1)C1(C3=C(CCC=C3)c3ccccc31)c1cc(-c3cc(-c4ccccc4)cc(C4(C)C=CC=CC4)c3)ccc1-2.Cc1cccc(C2=CCCC=C2)c1.Cc1ccccc1-c1ccccc1. The molecule has 8 aromatic carbocycles. The molecule has 0 aliphatic heterocycles. The van der Waals surface area contributed by atoms with E-state index in [1.54, 1.807) is 0 Å². The molecular weight excluding hydrogens is 853 g/mol. The molecule has 1 spiro atoms. The van der Waals surface area contributed by atoms with E-state index in [4.69, 9.17) is 0 Å². The molecule has 0 radical (unpaired) electrons. The quantitative estimate of drug-likeness (QED) is 0.161. The van der Waals surface area contributed by atoms with Gasteiger partial charge in [0.2, 0.25) is 0 Å². The number of hydrogen-bond acceptors (Lipinski definition) is 0. The molecule has 0 saturated heterocycles. The van der Waals surface area contributed by atoms with E-state index >= 15 is 0 Å². The molecule has 71 heavy (non-hydrogen) atoms. The van der Waals surface area contributed by atoms with E-state index in [0.717, 1.165) is 19.3 Å². The first-order chi connectivity index (χ1) is 34.8. The highest BCUT2D eigenvalue weighted by atomic mass is 14.5. The lowest BCUT2D eigenvalue weighted by Gasteiger charge is -2.33. The van der Waals surface area contributed by atoms with Crippen LogP contribution in [0, 0.1) is 20.8 Å². The zero-order valence-electron chi connectivity index (χ0n) is 41.6. The Hall–Kier alpha value is -7.80. The molecule has 0 heteroatoms. The van der Waals surface area contributed by atoms with Crippen LogP contribution in [0.15, 0.2) is 248 Å². The summed E-state index contributed by atoms with van der Waals surface area (Å²) in [5.74, 6) is 0. The van der Waals surface area contributed by atoms with Gasteiger partial charge in [-0.2, -0.15) is 0 Å². The highest BCUT2D eigenvalue weighted by Gasteiger charge is 2.52. The summed E-state index contributed by atoms with van der Waals surface area (Å²) in [6.07, 6.45) is 26.3. The second-order valence-corrected chi connectivity index (χ2v) is 20.2. The molecule has 0 amide bonds. The van der Waals surface area contributed by atoms with Crippen molar-refractivity contribution in [2.24, 2.45) is 0 Å². The van der Waals surface area contributed by atoms with E-state index in [2.05, 4.69) is 264 Å². The highest BCUT2D eigenvalue weighted by molar-refractivity contribution is 5.97. The van der Waals surface area contributed by atoms with E-state index in [1.165, 1.54) is 124 Å². The minimum absolute atomic E-state index is 0.0446. The second kappa shape index (κ2) is 19.5. The molecule has 346 valence electrons. The van der Waals surface area contributed by atoms with Crippen LogP contribution in [0.5, 0.6) is 0 Å². The summed E-state index contributed by atoms with van der Waals surface area (Å²) in [5.41, 5.74) is 26.9. The highest BCUT2D eigenvalue weighted by Crippen LogP contribution is 2.64. The first kappa shape index (κ1) is 45.6. The standard InChI is InChI=1S/C45H36.C13H12.C13H14/c1-30-19-21-38-39-22-20-32(34-26-33(31-13-5-3-6-14-31)27-35(28-34)44(2)23-11-4-12-24-44)29-43(39)45(42(38)25-30)40-17-9-7-15-36(40)37-16-8-10-18-41(37)45;1-11-7-5-6-10-13(11)12-8-3-2-4-9-12;1-11-6-5-9-13(10-11)12-7-3-2-4-8-12/h3-7,9-15,17-23,25-29H,8,16,24H2,1-2H3;2-10H,1H3;3,5-10H,2,4H2,1H3. The molecule has 13 rings (SSSR count). The van der Waals surface area contributed by atoms with Crippen LogP contribution < -0.4 is 0 Å². The summed E-state index contributed by atoms with van der Waals surface area (Å²) in [6.45, 7) is 8.89. The van der Waals surface area contributed by atoms with Crippen LogP contribution in [0.1, 0.15) is 89.1 Å². The first-order valence-electron chi connectivity index (χ1n) is 25.7. The number of aryl methyl sites for hydroxylation is 3. The minimum atomic E-state index is -0.293.